The van der Waals surface area contributed by atoms with Crippen molar-refractivity contribution >= 4 is 5.97 Å². The summed E-state index contributed by atoms with van der Waals surface area (Å²) < 4.78 is 6.02. The van der Waals surface area contributed by atoms with E-state index >= 15 is 0 Å². The standard InChI is InChI=1S/C14H28NO2/c1-6-7-8-9-10-15(4,5)11-12-17-14(16)13(2)3/h2,6-12H2,1,3-5H3/q+1. The van der Waals surface area contributed by atoms with Crippen LogP contribution >= 0.6 is 0 Å². The van der Waals surface area contributed by atoms with Gasteiger partial charge in [0.25, 0.3) is 0 Å². The Labute approximate surface area is 106 Å². The Morgan fingerprint density at radius 3 is 2.35 bits per heavy atom. The number of rotatable bonds is 9. The van der Waals surface area contributed by atoms with E-state index in [0.717, 1.165) is 17.6 Å². The average molecular weight is 242 g/mol. The molecule has 100 valence electrons. The third-order valence-electron chi connectivity index (χ3n) is 2.90. The number of likely N-dealkylation sites (N-methyl/N-ethyl adjacent to an activating group) is 1. The molecule has 0 fully saturated rings. The maximum atomic E-state index is 11.2. The van der Waals surface area contributed by atoms with Gasteiger partial charge in [0.15, 0.2) is 0 Å². The van der Waals surface area contributed by atoms with Crippen LogP contribution in [-0.2, 0) is 9.53 Å². The lowest BCUT2D eigenvalue weighted by Crippen LogP contribution is -2.43. The molecule has 0 N–H and O–H groups in total. The topological polar surface area (TPSA) is 26.3 Å². The van der Waals surface area contributed by atoms with Gasteiger partial charge in [-0.2, -0.15) is 0 Å². The summed E-state index contributed by atoms with van der Waals surface area (Å²) >= 11 is 0. The molecule has 0 aliphatic rings. The zero-order valence-corrected chi connectivity index (χ0v) is 11.9. The van der Waals surface area contributed by atoms with Crippen LogP contribution in [0.5, 0.6) is 0 Å². The minimum Gasteiger partial charge on any atom is -0.456 e. The fourth-order valence-corrected chi connectivity index (χ4v) is 1.59. The van der Waals surface area contributed by atoms with E-state index in [9.17, 15) is 4.79 Å². The first kappa shape index (κ1) is 16.2. The zero-order valence-electron chi connectivity index (χ0n) is 11.9. The lowest BCUT2D eigenvalue weighted by molar-refractivity contribution is -0.890. The molecule has 3 heteroatoms. The van der Waals surface area contributed by atoms with Crippen LogP contribution in [0.4, 0.5) is 0 Å². The molecule has 3 nitrogen and oxygen atoms in total. The predicted octanol–water partition coefficient (Wildman–Crippen LogP) is 2.76. The molecule has 0 rings (SSSR count). The molecule has 0 bridgehead atoms. The van der Waals surface area contributed by atoms with Crippen LogP contribution in [0.1, 0.15) is 39.5 Å². The Bertz CT molecular complexity index is 247. The number of hydrogen-bond acceptors (Lipinski definition) is 2. The summed E-state index contributed by atoms with van der Waals surface area (Å²) in [6.45, 7) is 9.94. The van der Waals surface area contributed by atoms with E-state index in [1.807, 2.05) is 0 Å². The van der Waals surface area contributed by atoms with Gasteiger partial charge in [0.2, 0.25) is 0 Å². The average Bonchev–Trinajstić information content (AvgIpc) is 2.24. The number of carbonyl (C=O) groups excluding carboxylic acids is 1. The quantitative estimate of drug-likeness (QED) is 0.269. The van der Waals surface area contributed by atoms with Crippen molar-refractivity contribution in [1.29, 1.82) is 0 Å². The maximum Gasteiger partial charge on any atom is 0.333 e. The highest BCUT2D eigenvalue weighted by molar-refractivity contribution is 5.86. The predicted molar refractivity (Wildman–Crippen MR) is 71.8 cm³/mol. The van der Waals surface area contributed by atoms with Crippen molar-refractivity contribution in [3.8, 4) is 0 Å². The second-order valence-corrected chi connectivity index (χ2v) is 5.36. The fourth-order valence-electron chi connectivity index (χ4n) is 1.59. The van der Waals surface area contributed by atoms with Crippen molar-refractivity contribution in [2.75, 3.05) is 33.8 Å². The molecule has 0 heterocycles. The molecule has 0 saturated heterocycles. The van der Waals surface area contributed by atoms with Crippen molar-refractivity contribution in [3.05, 3.63) is 12.2 Å². The monoisotopic (exact) mass is 242 g/mol. The van der Waals surface area contributed by atoms with E-state index in [-0.39, 0.29) is 5.97 Å². The molecule has 17 heavy (non-hydrogen) atoms. The molecule has 0 spiro atoms. The van der Waals surface area contributed by atoms with E-state index < -0.39 is 0 Å². The highest BCUT2D eigenvalue weighted by Crippen LogP contribution is 2.05. The van der Waals surface area contributed by atoms with Gasteiger partial charge in [-0.15, -0.1) is 0 Å². The van der Waals surface area contributed by atoms with Crippen LogP contribution in [0.3, 0.4) is 0 Å². The molecule has 0 aromatic carbocycles. The highest BCUT2D eigenvalue weighted by Gasteiger charge is 2.15. The van der Waals surface area contributed by atoms with Gasteiger partial charge >= 0.3 is 5.97 Å². The SMILES string of the molecule is C=C(C)C(=O)OCC[N+](C)(C)CCCCCC. The summed E-state index contributed by atoms with van der Waals surface area (Å²) in [5.41, 5.74) is 0.471. The van der Waals surface area contributed by atoms with Gasteiger partial charge in [-0.25, -0.2) is 4.79 Å². The Morgan fingerprint density at radius 2 is 1.82 bits per heavy atom. The maximum absolute atomic E-state index is 11.2. The number of unbranched alkanes of at least 4 members (excludes halogenated alkanes) is 3. The first-order valence-electron chi connectivity index (χ1n) is 6.53. The van der Waals surface area contributed by atoms with Crippen molar-refractivity contribution in [3.63, 3.8) is 0 Å². The third kappa shape index (κ3) is 8.93. The van der Waals surface area contributed by atoms with E-state index in [4.69, 9.17) is 4.74 Å². The second-order valence-electron chi connectivity index (χ2n) is 5.36. The van der Waals surface area contributed by atoms with Crippen LogP contribution in [0.15, 0.2) is 12.2 Å². The minimum atomic E-state index is -0.281. The third-order valence-corrected chi connectivity index (χ3v) is 2.90. The van der Waals surface area contributed by atoms with Crippen LogP contribution in [-0.4, -0.2) is 44.2 Å². The molecule has 0 aromatic rings. The highest BCUT2D eigenvalue weighted by atomic mass is 16.5. The van der Waals surface area contributed by atoms with Gasteiger partial charge in [-0.05, 0) is 19.8 Å². The number of esters is 1. The lowest BCUT2D eigenvalue weighted by atomic mass is 10.2. The van der Waals surface area contributed by atoms with Crippen LogP contribution in [0.2, 0.25) is 0 Å². The van der Waals surface area contributed by atoms with E-state index in [0.29, 0.717) is 12.2 Å². The molecule has 0 aliphatic carbocycles. The Kier molecular flexibility index (Phi) is 7.88. The lowest BCUT2D eigenvalue weighted by Gasteiger charge is -2.29. The first-order valence-corrected chi connectivity index (χ1v) is 6.53. The van der Waals surface area contributed by atoms with Crippen molar-refractivity contribution in [2.45, 2.75) is 39.5 Å². The van der Waals surface area contributed by atoms with Crippen molar-refractivity contribution in [2.24, 2.45) is 0 Å². The Hall–Kier alpha value is -0.830. The molecule has 0 amide bonds. The van der Waals surface area contributed by atoms with E-state index in [1.165, 1.54) is 25.7 Å². The molecule has 0 aromatic heterocycles. The van der Waals surface area contributed by atoms with Crippen molar-refractivity contribution < 1.29 is 14.0 Å². The second kappa shape index (κ2) is 8.29. The molecule has 0 aliphatic heterocycles. The molecular formula is C14H28NO2+. The van der Waals surface area contributed by atoms with E-state index in [2.05, 4.69) is 27.6 Å². The summed E-state index contributed by atoms with van der Waals surface area (Å²) in [6.07, 6.45) is 5.12. The minimum absolute atomic E-state index is 0.281. The molecule has 0 atom stereocenters. The van der Waals surface area contributed by atoms with Crippen LogP contribution in [0.25, 0.3) is 0 Å². The number of ether oxygens (including phenoxy) is 1. The summed E-state index contributed by atoms with van der Waals surface area (Å²) in [4.78, 5) is 11.2. The smallest absolute Gasteiger partial charge is 0.333 e. The molecule has 0 unspecified atom stereocenters. The summed E-state index contributed by atoms with van der Waals surface area (Å²) in [5.74, 6) is -0.281. The normalized spacial score (nSPS) is 11.3. The van der Waals surface area contributed by atoms with Gasteiger partial charge in [-0.1, -0.05) is 26.3 Å². The van der Waals surface area contributed by atoms with E-state index in [1.54, 1.807) is 6.92 Å². The summed E-state index contributed by atoms with van der Waals surface area (Å²) in [5, 5.41) is 0. The van der Waals surface area contributed by atoms with Gasteiger partial charge in [0.05, 0.1) is 20.6 Å². The molecule has 0 saturated carbocycles. The number of quaternary nitrogens is 1. The summed E-state index contributed by atoms with van der Waals surface area (Å²) in [6, 6.07) is 0. The largest absolute Gasteiger partial charge is 0.456 e. The molecule has 0 radical (unpaired) electrons. The van der Waals surface area contributed by atoms with Crippen LogP contribution < -0.4 is 0 Å². The Morgan fingerprint density at radius 1 is 1.18 bits per heavy atom. The Balaban J connectivity index is 3.70. The molecular weight excluding hydrogens is 214 g/mol. The van der Waals surface area contributed by atoms with Gasteiger partial charge in [-0.3, -0.25) is 0 Å². The number of nitrogens with zero attached hydrogens (tertiary/aromatic N) is 1. The first-order chi connectivity index (χ1) is 7.89. The number of hydrogen-bond donors (Lipinski definition) is 0. The van der Waals surface area contributed by atoms with Gasteiger partial charge in [0.1, 0.15) is 13.2 Å². The number of carbonyl (C=O) groups is 1. The van der Waals surface area contributed by atoms with Crippen LogP contribution in [0, 0.1) is 0 Å². The zero-order chi connectivity index (χ0) is 13.3. The fraction of sp³-hybridized carbons (Fsp3) is 0.786. The van der Waals surface area contributed by atoms with Crippen molar-refractivity contribution in [1.82, 2.24) is 0 Å². The van der Waals surface area contributed by atoms with Gasteiger partial charge in [0, 0.05) is 5.57 Å². The van der Waals surface area contributed by atoms with Gasteiger partial charge < -0.3 is 9.22 Å². The summed E-state index contributed by atoms with van der Waals surface area (Å²) in [7, 11) is 4.36.